The predicted octanol–water partition coefficient (Wildman–Crippen LogP) is 1.80. The van der Waals surface area contributed by atoms with E-state index in [4.69, 9.17) is 5.73 Å². The molecule has 0 radical (unpaired) electrons. The highest BCUT2D eigenvalue weighted by atomic mass is 79.9. The highest BCUT2D eigenvalue weighted by Crippen LogP contribution is 2.20. The first-order valence-electron chi connectivity index (χ1n) is 4.85. The Bertz CT molecular complexity index is 479. The molecule has 0 bridgehead atoms. The summed E-state index contributed by atoms with van der Waals surface area (Å²) in [5.41, 5.74) is 6.10. The van der Waals surface area contributed by atoms with Gasteiger partial charge in [0.15, 0.2) is 0 Å². The standard InChI is InChI=1S/C10H15BrN2O2S.ClH/c1-7-3-4-9(11)5-10(7)16(14,15)13-8(2)6-12;/h3-5,8,13H,6,12H2,1-2H3;1H/t8-;/m1./s1. The molecule has 17 heavy (non-hydrogen) atoms. The summed E-state index contributed by atoms with van der Waals surface area (Å²) in [4.78, 5) is 0.280. The first-order valence-corrected chi connectivity index (χ1v) is 7.13. The van der Waals surface area contributed by atoms with Crippen LogP contribution in [0.3, 0.4) is 0 Å². The van der Waals surface area contributed by atoms with Crippen LogP contribution in [0.2, 0.25) is 0 Å². The molecule has 0 heterocycles. The van der Waals surface area contributed by atoms with E-state index in [0.717, 1.165) is 4.47 Å². The fraction of sp³-hybridized carbons (Fsp3) is 0.400. The van der Waals surface area contributed by atoms with Crippen molar-refractivity contribution < 1.29 is 8.42 Å². The summed E-state index contributed by atoms with van der Waals surface area (Å²) >= 11 is 3.26. The van der Waals surface area contributed by atoms with E-state index in [-0.39, 0.29) is 29.9 Å². The zero-order valence-electron chi connectivity index (χ0n) is 9.60. The Morgan fingerprint density at radius 2 is 2.06 bits per heavy atom. The van der Waals surface area contributed by atoms with E-state index in [1.165, 1.54) is 0 Å². The Balaban J connectivity index is 0.00000256. The van der Waals surface area contributed by atoms with Crippen LogP contribution in [0.15, 0.2) is 27.6 Å². The van der Waals surface area contributed by atoms with E-state index >= 15 is 0 Å². The molecule has 7 heteroatoms. The molecular formula is C10H16BrClN2O2S. The third-order valence-electron chi connectivity index (χ3n) is 2.15. The molecule has 0 spiro atoms. The molecule has 1 aromatic carbocycles. The van der Waals surface area contributed by atoms with Gasteiger partial charge in [-0.25, -0.2) is 13.1 Å². The van der Waals surface area contributed by atoms with Crippen molar-refractivity contribution in [2.24, 2.45) is 5.73 Å². The Morgan fingerprint density at radius 1 is 1.47 bits per heavy atom. The van der Waals surface area contributed by atoms with E-state index in [1.807, 2.05) is 0 Å². The first kappa shape index (κ1) is 16.9. The second-order valence-corrected chi connectivity index (χ2v) is 6.27. The highest BCUT2D eigenvalue weighted by molar-refractivity contribution is 9.10. The number of aryl methyl sites for hydroxylation is 1. The van der Waals surface area contributed by atoms with Gasteiger partial charge in [-0.15, -0.1) is 12.4 Å². The molecule has 0 saturated carbocycles. The van der Waals surface area contributed by atoms with Gasteiger partial charge in [-0.05, 0) is 31.5 Å². The first-order chi connectivity index (χ1) is 7.36. The van der Waals surface area contributed by atoms with E-state index in [9.17, 15) is 8.42 Å². The van der Waals surface area contributed by atoms with Gasteiger partial charge in [-0.3, -0.25) is 0 Å². The van der Waals surface area contributed by atoms with E-state index in [2.05, 4.69) is 20.7 Å². The maximum absolute atomic E-state index is 12.0. The van der Waals surface area contributed by atoms with Gasteiger partial charge in [0.2, 0.25) is 10.0 Å². The third kappa shape index (κ3) is 4.56. The molecule has 1 rings (SSSR count). The maximum atomic E-state index is 12.0. The lowest BCUT2D eigenvalue weighted by Gasteiger charge is -2.13. The molecule has 0 aliphatic rings. The van der Waals surface area contributed by atoms with Crippen molar-refractivity contribution in [1.82, 2.24) is 4.72 Å². The minimum absolute atomic E-state index is 0. The summed E-state index contributed by atoms with van der Waals surface area (Å²) in [7, 11) is -3.48. The molecule has 0 aliphatic carbocycles. The summed E-state index contributed by atoms with van der Waals surface area (Å²) < 4.78 is 27.2. The summed E-state index contributed by atoms with van der Waals surface area (Å²) in [6.45, 7) is 3.76. The van der Waals surface area contributed by atoms with Crippen LogP contribution in [-0.4, -0.2) is 21.0 Å². The Labute approximate surface area is 117 Å². The van der Waals surface area contributed by atoms with Gasteiger partial charge in [-0.2, -0.15) is 0 Å². The third-order valence-corrected chi connectivity index (χ3v) is 4.37. The monoisotopic (exact) mass is 342 g/mol. The minimum atomic E-state index is -3.48. The molecule has 4 nitrogen and oxygen atoms in total. The number of halogens is 2. The van der Waals surface area contributed by atoms with E-state index < -0.39 is 10.0 Å². The zero-order chi connectivity index (χ0) is 12.3. The van der Waals surface area contributed by atoms with Crippen LogP contribution in [0.1, 0.15) is 12.5 Å². The Kier molecular flexibility index (Phi) is 6.65. The number of nitrogens with one attached hydrogen (secondary N) is 1. The molecule has 0 aliphatic heterocycles. The van der Waals surface area contributed by atoms with Crippen LogP contribution in [0.5, 0.6) is 0 Å². The van der Waals surface area contributed by atoms with Crippen LogP contribution in [-0.2, 0) is 10.0 Å². The number of nitrogens with two attached hydrogens (primary N) is 1. The lowest BCUT2D eigenvalue weighted by Crippen LogP contribution is -2.38. The average molecular weight is 344 g/mol. The minimum Gasteiger partial charge on any atom is -0.329 e. The van der Waals surface area contributed by atoms with Gasteiger partial charge >= 0.3 is 0 Å². The van der Waals surface area contributed by atoms with Crippen molar-refractivity contribution in [1.29, 1.82) is 0 Å². The Morgan fingerprint density at radius 3 is 2.59 bits per heavy atom. The molecule has 0 aromatic heterocycles. The van der Waals surface area contributed by atoms with Gasteiger partial charge in [0.25, 0.3) is 0 Å². The molecule has 0 fully saturated rings. The van der Waals surface area contributed by atoms with Gasteiger partial charge in [0.05, 0.1) is 4.90 Å². The number of sulfonamides is 1. The molecule has 3 N–H and O–H groups in total. The van der Waals surface area contributed by atoms with Gasteiger partial charge in [0, 0.05) is 17.1 Å². The van der Waals surface area contributed by atoms with Crippen LogP contribution >= 0.6 is 28.3 Å². The topological polar surface area (TPSA) is 72.2 Å². The predicted molar refractivity (Wildman–Crippen MR) is 75.0 cm³/mol. The van der Waals surface area contributed by atoms with Crippen molar-refractivity contribution in [2.75, 3.05) is 6.54 Å². The van der Waals surface area contributed by atoms with Crippen molar-refractivity contribution in [3.63, 3.8) is 0 Å². The van der Waals surface area contributed by atoms with Crippen LogP contribution in [0.25, 0.3) is 0 Å². The molecule has 98 valence electrons. The maximum Gasteiger partial charge on any atom is 0.241 e. The summed E-state index contributed by atoms with van der Waals surface area (Å²) in [5, 5.41) is 0. The average Bonchev–Trinajstić information content (AvgIpc) is 2.20. The molecule has 1 aromatic rings. The second kappa shape index (κ2) is 6.70. The summed E-state index contributed by atoms with van der Waals surface area (Å²) in [6.07, 6.45) is 0. The quantitative estimate of drug-likeness (QED) is 0.875. The summed E-state index contributed by atoms with van der Waals surface area (Å²) in [6, 6.07) is 4.87. The number of hydrogen-bond acceptors (Lipinski definition) is 3. The largest absolute Gasteiger partial charge is 0.329 e. The van der Waals surface area contributed by atoms with E-state index in [1.54, 1.807) is 32.0 Å². The lowest BCUT2D eigenvalue weighted by atomic mass is 10.2. The van der Waals surface area contributed by atoms with Crippen molar-refractivity contribution in [3.8, 4) is 0 Å². The molecular weight excluding hydrogens is 328 g/mol. The molecule has 0 amide bonds. The normalized spacial score (nSPS) is 12.9. The lowest BCUT2D eigenvalue weighted by molar-refractivity contribution is 0.562. The highest BCUT2D eigenvalue weighted by Gasteiger charge is 2.18. The summed E-state index contributed by atoms with van der Waals surface area (Å²) in [5.74, 6) is 0. The van der Waals surface area contributed by atoms with Crippen molar-refractivity contribution in [3.05, 3.63) is 28.2 Å². The zero-order valence-corrected chi connectivity index (χ0v) is 12.8. The number of rotatable bonds is 4. The van der Waals surface area contributed by atoms with E-state index in [0.29, 0.717) is 5.56 Å². The van der Waals surface area contributed by atoms with Gasteiger partial charge in [-0.1, -0.05) is 22.0 Å². The Hall–Kier alpha value is -0.140. The van der Waals surface area contributed by atoms with Crippen LogP contribution < -0.4 is 10.5 Å². The van der Waals surface area contributed by atoms with Crippen LogP contribution in [0, 0.1) is 6.92 Å². The van der Waals surface area contributed by atoms with Crippen LogP contribution in [0.4, 0.5) is 0 Å². The number of benzene rings is 1. The number of hydrogen-bond donors (Lipinski definition) is 2. The fourth-order valence-electron chi connectivity index (χ4n) is 1.24. The van der Waals surface area contributed by atoms with Crippen molar-refractivity contribution >= 4 is 38.4 Å². The molecule has 1 atom stereocenters. The SMILES string of the molecule is Cc1ccc(Br)cc1S(=O)(=O)N[C@H](C)CN.Cl. The van der Waals surface area contributed by atoms with Gasteiger partial charge in [0.1, 0.15) is 0 Å². The second-order valence-electron chi connectivity index (χ2n) is 3.67. The van der Waals surface area contributed by atoms with Crippen molar-refractivity contribution in [2.45, 2.75) is 24.8 Å². The molecule has 0 saturated heterocycles. The smallest absolute Gasteiger partial charge is 0.241 e. The molecule has 0 unspecified atom stereocenters. The fourth-order valence-corrected chi connectivity index (χ4v) is 3.28. The van der Waals surface area contributed by atoms with Gasteiger partial charge < -0.3 is 5.73 Å².